The molecule has 144 valence electrons. The normalized spacial score (nSPS) is 11.0. The van der Waals surface area contributed by atoms with Crippen molar-refractivity contribution in [3.05, 3.63) is 109 Å². The highest BCUT2D eigenvalue weighted by Gasteiger charge is 2.05. The second-order valence-electron chi connectivity index (χ2n) is 7.50. The van der Waals surface area contributed by atoms with Crippen molar-refractivity contribution in [3.8, 4) is 33.5 Å². The third-order valence-electron chi connectivity index (χ3n) is 5.59. The lowest BCUT2D eigenvalue weighted by atomic mass is 9.97. The molecule has 3 aromatic carbocycles. The molecular formula is C28H22N2. The van der Waals surface area contributed by atoms with Crippen LogP contribution in [-0.2, 0) is 6.42 Å². The van der Waals surface area contributed by atoms with E-state index < -0.39 is 0 Å². The van der Waals surface area contributed by atoms with Crippen LogP contribution in [0.15, 0.2) is 104 Å². The van der Waals surface area contributed by atoms with Crippen LogP contribution in [0.3, 0.4) is 0 Å². The van der Waals surface area contributed by atoms with Crippen LogP contribution < -0.4 is 0 Å². The maximum Gasteiger partial charge on any atom is 0.0717 e. The summed E-state index contributed by atoms with van der Waals surface area (Å²) in [6.07, 6.45) is 6.62. The van der Waals surface area contributed by atoms with E-state index in [-0.39, 0.29) is 0 Å². The minimum Gasteiger partial charge on any atom is -0.264 e. The van der Waals surface area contributed by atoms with Crippen LogP contribution in [0.4, 0.5) is 0 Å². The van der Waals surface area contributed by atoms with Crippen molar-refractivity contribution in [2.45, 2.75) is 13.3 Å². The van der Waals surface area contributed by atoms with Gasteiger partial charge in [-0.1, -0.05) is 61.5 Å². The van der Waals surface area contributed by atoms with E-state index in [1.54, 1.807) is 6.20 Å². The largest absolute Gasteiger partial charge is 0.264 e. The number of hydrogen-bond donors (Lipinski definition) is 0. The van der Waals surface area contributed by atoms with E-state index in [9.17, 15) is 0 Å². The first kappa shape index (κ1) is 18.3. The highest BCUT2D eigenvalue weighted by atomic mass is 14.7. The van der Waals surface area contributed by atoms with Gasteiger partial charge in [0.05, 0.1) is 5.69 Å². The van der Waals surface area contributed by atoms with Gasteiger partial charge >= 0.3 is 0 Å². The summed E-state index contributed by atoms with van der Waals surface area (Å²) >= 11 is 0. The van der Waals surface area contributed by atoms with Crippen LogP contribution in [0.2, 0.25) is 0 Å². The number of aromatic nitrogens is 2. The fraction of sp³-hybridized carbons (Fsp3) is 0.0714. The van der Waals surface area contributed by atoms with Crippen LogP contribution in [0.25, 0.3) is 44.3 Å². The van der Waals surface area contributed by atoms with Gasteiger partial charge in [-0.2, -0.15) is 0 Å². The topological polar surface area (TPSA) is 25.8 Å². The van der Waals surface area contributed by atoms with E-state index in [2.05, 4.69) is 89.7 Å². The van der Waals surface area contributed by atoms with Gasteiger partial charge in [0.15, 0.2) is 0 Å². The smallest absolute Gasteiger partial charge is 0.0717 e. The number of rotatable bonds is 4. The van der Waals surface area contributed by atoms with E-state index in [4.69, 9.17) is 0 Å². The summed E-state index contributed by atoms with van der Waals surface area (Å²) < 4.78 is 0. The number of nitrogens with zero attached hydrogens (tertiary/aromatic N) is 2. The molecule has 0 bridgehead atoms. The third-order valence-corrected chi connectivity index (χ3v) is 5.59. The molecule has 5 aromatic rings. The van der Waals surface area contributed by atoms with Crippen LogP contribution in [0.5, 0.6) is 0 Å². The Morgan fingerprint density at radius 3 is 1.93 bits per heavy atom. The Morgan fingerprint density at radius 1 is 0.600 bits per heavy atom. The van der Waals surface area contributed by atoms with Gasteiger partial charge in [-0.25, -0.2) is 0 Å². The van der Waals surface area contributed by atoms with Crippen molar-refractivity contribution in [1.29, 1.82) is 0 Å². The molecule has 30 heavy (non-hydrogen) atoms. The maximum atomic E-state index is 4.65. The summed E-state index contributed by atoms with van der Waals surface area (Å²) in [6, 6.07) is 30.3. The zero-order valence-corrected chi connectivity index (χ0v) is 16.9. The van der Waals surface area contributed by atoms with Crippen molar-refractivity contribution in [1.82, 2.24) is 9.97 Å². The average Bonchev–Trinajstić information content (AvgIpc) is 2.84. The summed E-state index contributed by atoms with van der Waals surface area (Å²) in [4.78, 5) is 8.83. The lowest BCUT2D eigenvalue weighted by Crippen LogP contribution is -1.86. The lowest BCUT2D eigenvalue weighted by molar-refractivity contribution is 1.14. The quantitative estimate of drug-likeness (QED) is 0.326. The Labute approximate surface area is 176 Å². The first-order valence-electron chi connectivity index (χ1n) is 10.3. The molecule has 2 aromatic heterocycles. The Kier molecular flexibility index (Phi) is 4.82. The lowest BCUT2D eigenvalue weighted by Gasteiger charge is -2.08. The number of benzene rings is 3. The monoisotopic (exact) mass is 386 g/mol. The molecule has 0 saturated heterocycles. The molecule has 0 N–H and O–H groups in total. The SMILES string of the molecule is CCc1ccc(-c2ccc3ccc(-c4ccc(-c5cccnc5)nc4)cc3c2)cc1. The third kappa shape index (κ3) is 3.60. The molecule has 0 radical (unpaired) electrons. The predicted molar refractivity (Wildman–Crippen MR) is 125 cm³/mol. The molecule has 0 fully saturated rings. The van der Waals surface area contributed by atoms with E-state index in [0.717, 1.165) is 23.2 Å². The Bertz CT molecular complexity index is 1290. The van der Waals surface area contributed by atoms with Gasteiger partial charge in [0.1, 0.15) is 0 Å². The maximum absolute atomic E-state index is 4.65. The minimum atomic E-state index is 0.936. The number of hydrogen-bond acceptors (Lipinski definition) is 2. The number of aryl methyl sites for hydroxylation is 1. The second kappa shape index (κ2) is 7.92. The second-order valence-corrected chi connectivity index (χ2v) is 7.50. The van der Waals surface area contributed by atoms with Crippen molar-refractivity contribution >= 4 is 10.8 Å². The first-order chi connectivity index (χ1) is 14.8. The van der Waals surface area contributed by atoms with Gasteiger partial charge in [-0.15, -0.1) is 0 Å². The van der Waals surface area contributed by atoms with Crippen molar-refractivity contribution < 1.29 is 0 Å². The Balaban J connectivity index is 1.49. The van der Waals surface area contributed by atoms with Crippen LogP contribution in [-0.4, -0.2) is 9.97 Å². The molecule has 2 nitrogen and oxygen atoms in total. The molecule has 2 heterocycles. The van der Waals surface area contributed by atoms with Crippen LogP contribution in [0, 0.1) is 0 Å². The molecule has 0 aliphatic heterocycles. The van der Waals surface area contributed by atoms with Gasteiger partial charge in [0, 0.05) is 29.7 Å². The molecule has 5 rings (SSSR count). The highest BCUT2D eigenvalue weighted by molar-refractivity contribution is 5.91. The van der Waals surface area contributed by atoms with Crippen molar-refractivity contribution in [2.24, 2.45) is 0 Å². The van der Waals surface area contributed by atoms with E-state index in [1.807, 2.05) is 24.5 Å². The standard InChI is InChI=1S/C28H22N2/c1-2-20-5-7-21(8-6-20)23-11-9-22-10-12-24(17-27(22)16-23)25-13-14-28(30-19-25)26-4-3-15-29-18-26/h3-19H,2H2,1H3. The Morgan fingerprint density at radius 2 is 1.30 bits per heavy atom. The van der Waals surface area contributed by atoms with Gasteiger partial charge in [-0.05, 0) is 69.8 Å². The molecule has 0 atom stereocenters. The summed E-state index contributed by atoms with van der Waals surface area (Å²) in [5.41, 5.74) is 8.11. The summed E-state index contributed by atoms with van der Waals surface area (Å²) in [5, 5.41) is 2.48. The van der Waals surface area contributed by atoms with Gasteiger partial charge in [-0.3, -0.25) is 9.97 Å². The average molecular weight is 386 g/mol. The fourth-order valence-corrected chi connectivity index (χ4v) is 3.79. The molecule has 0 saturated carbocycles. The molecule has 0 unspecified atom stereocenters. The molecule has 0 spiro atoms. The zero-order chi connectivity index (χ0) is 20.3. The molecular weight excluding hydrogens is 364 g/mol. The minimum absolute atomic E-state index is 0.936. The van der Waals surface area contributed by atoms with E-state index in [0.29, 0.717) is 0 Å². The fourth-order valence-electron chi connectivity index (χ4n) is 3.79. The van der Waals surface area contributed by atoms with Crippen LogP contribution >= 0.6 is 0 Å². The summed E-state index contributed by atoms with van der Waals surface area (Å²) in [7, 11) is 0. The zero-order valence-electron chi connectivity index (χ0n) is 16.9. The highest BCUT2D eigenvalue weighted by Crippen LogP contribution is 2.29. The molecule has 2 heteroatoms. The van der Waals surface area contributed by atoms with E-state index >= 15 is 0 Å². The first-order valence-corrected chi connectivity index (χ1v) is 10.3. The summed E-state index contributed by atoms with van der Waals surface area (Å²) in [6.45, 7) is 2.19. The van der Waals surface area contributed by atoms with Crippen molar-refractivity contribution in [3.63, 3.8) is 0 Å². The van der Waals surface area contributed by atoms with Gasteiger partial charge < -0.3 is 0 Å². The van der Waals surface area contributed by atoms with Gasteiger partial charge in [0.2, 0.25) is 0 Å². The molecule has 0 aliphatic carbocycles. The number of fused-ring (bicyclic) bond motifs is 1. The molecule has 0 amide bonds. The predicted octanol–water partition coefficient (Wildman–Crippen LogP) is 7.19. The Hall–Kier alpha value is -3.78. The van der Waals surface area contributed by atoms with Gasteiger partial charge in [0.25, 0.3) is 0 Å². The van der Waals surface area contributed by atoms with Crippen LogP contribution in [0.1, 0.15) is 12.5 Å². The summed E-state index contributed by atoms with van der Waals surface area (Å²) in [5.74, 6) is 0. The molecule has 0 aliphatic rings. The van der Waals surface area contributed by atoms with E-state index in [1.165, 1.54) is 33.0 Å². The van der Waals surface area contributed by atoms with Crippen molar-refractivity contribution in [2.75, 3.05) is 0 Å². The number of pyridine rings is 2.